The Hall–Kier alpha value is -2.34. The molecule has 0 spiro atoms. The number of halogens is 1. The minimum absolute atomic E-state index is 0.0545. The molecule has 1 aliphatic heterocycles. The van der Waals surface area contributed by atoms with Crippen LogP contribution in [0, 0.1) is 19.7 Å². The van der Waals surface area contributed by atoms with Crippen molar-refractivity contribution in [3.05, 3.63) is 52.6 Å². The Balaban J connectivity index is 2.00. The maximum Gasteiger partial charge on any atom is 0.268 e. The summed E-state index contributed by atoms with van der Waals surface area (Å²) < 4.78 is 15.4. The zero-order valence-electron chi connectivity index (χ0n) is 18.3. The fourth-order valence-electron chi connectivity index (χ4n) is 4.23. The Bertz CT molecular complexity index is 849. The largest absolute Gasteiger partial charge is 0.367 e. The number of hydrogen-bond acceptors (Lipinski definition) is 3. The van der Waals surface area contributed by atoms with Gasteiger partial charge in [-0.05, 0) is 51.9 Å². The first-order chi connectivity index (χ1) is 13.8. The lowest BCUT2D eigenvalue weighted by molar-refractivity contribution is 0.0933. The number of nitrogens with one attached hydrogen (secondary N) is 1. The molecule has 0 radical (unpaired) electrons. The van der Waals surface area contributed by atoms with Crippen LogP contribution in [0.2, 0.25) is 0 Å². The molecule has 2 heterocycles. The third-order valence-electron chi connectivity index (χ3n) is 5.75. The molecule has 158 valence electrons. The number of likely N-dealkylation sites (N-methyl/N-ethyl adjacent to an activating group) is 1. The van der Waals surface area contributed by atoms with Gasteiger partial charge in [-0.1, -0.05) is 19.1 Å². The van der Waals surface area contributed by atoms with Gasteiger partial charge in [0, 0.05) is 50.0 Å². The van der Waals surface area contributed by atoms with Crippen LogP contribution in [0.25, 0.3) is 0 Å². The zero-order valence-corrected chi connectivity index (χ0v) is 18.3. The van der Waals surface area contributed by atoms with Crippen LogP contribution < -0.4 is 10.2 Å². The number of anilines is 1. The summed E-state index contributed by atoms with van der Waals surface area (Å²) in [6, 6.07) is 6.58. The molecular weight excluding hydrogens is 367 g/mol. The number of nitrogens with zero attached hydrogens (tertiary/aromatic N) is 3. The SMILES string of the molecule is CCN1CCN(c2c(C)c(C(=O)NC(C)C)n(Cc3ccc(F)cc3)c2C)CC1. The van der Waals surface area contributed by atoms with E-state index in [9.17, 15) is 9.18 Å². The van der Waals surface area contributed by atoms with Crippen LogP contribution in [0.15, 0.2) is 24.3 Å². The average Bonchev–Trinajstić information content (AvgIpc) is 2.93. The zero-order chi connectivity index (χ0) is 21.1. The van der Waals surface area contributed by atoms with Crippen molar-refractivity contribution in [1.29, 1.82) is 0 Å². The number of hydrogen-bond donors (Lipinski definition) is 1. The molecule has 2 aromatic rings. The smallest absolute Gasteiger partial charge is 0.268 e. The maximum absolute atomic E-state index is 13.3. The summed E-state index contributed by atoms with van der Waals surface area (Å²) in [7, 11) is 0. The third kappa shape index (κ3) is 4.64. The molecular formula is C23H33FN4O. The lowest BCUT2D eigenvalue weighted by Crippen LogP contribution is -2.46. The van der Waals surface area contributed by atoms with E-state index in [2.05, 4.69) is 33.5 Å². The van der Waals surface area contributed by atoms with Crippen molar-refractivity contribution < 1.29 is 9.18 Å². The van der Waals surface area contributed by atoms with E-state index in [0.29, 0.717) is 12.2 Å². The van der Waals surface area contributed by atoms with Gasteiger partial charge in [-0.2, -0.15) is 0 Å². The Morgan fingerprint density at radius 3 is 2.28 bits per heavy atom. The van der Waals surface area contributed by atoms with Gasteiger partial charge in [0.2, 0.25) is 0 Å². The maximum atomic E-state index is 13.3. The highest BCUT2D eigenvalue weighted by Gasteiger charge is 2.28. The minimum Gasteiger partial charge on any atom is -0.367 e. The van der Waals surface area contributed by atoms with Gasteiger partial charge in [0.15, 0.2) is 0 Å². The summed E-state index contributed by atoms with van der Waals surface area (Å²) in [5.74, 6) is -0.303. The first-order valence-electron chi connectivity index (χ1n) is 10.5. The number of carbonyl (C=O) groups is 1. The fourth-order valence-corrected chi connectivity index (χ4v) is 4.23. The third-order valence-corrected chi connectivity index (χ3v) is 5.75. The topological polar surface area (TPSA) is 40.5 Å². The van der Waals surface area contributed by atoms with Crippen LogP contribution in [0.5, 0.6) is 0 Å². The quantitative estimate of drug-likeness (QED) is 0.806. The highest BCUT2D eigenvalue weighted by Crippen LogP contribution is 2.32. The second-order valence-electron chi connectivity index (χ2n) is 8.17. The van der Waals surface area contributed by atoms with Crippen molar-refractivity contribution in [1.82, 2.24) is 14.8 Å². The van der Waals surface area contributed by atoms with E-state index in [-0.39, 0.29) is 17.8 Å². The molecule has 3 rings (SSSR count). The Labute approximate surface area is 173 Å². The normalized spacial score (nSPS) is 15.2. The van der Waals surface area contributed by atoms with E-state index in [0.717, 1.165) is 55.2 Å². The van der Waals surface area contributed by atoms with Gasteiger partial charge in [0.05, 0.1) is 5.69 Å². The number of piperazine rings is 1. The molecule has 0 atom stereocenters. The highest BCUT2D eigenvalue weighted by molar-refractivity contribution is 5.96. The van der Waals surface area contributed by atoms with Crippen molar-refractivity contribution >= 4 is 11.6 Å². The van der Waals surface area contributed by atoms with E-state index in [1.54, 1.807) is 12.1 Å². The van der Waals surface area contributed by atoms with Crippen LogP contribution in [-0.2, 0) is 6.54 Å². The van der Waals surface area contributed by atoms with Crippen molar-refractivity contribution in [3.63, 3.8) is 0 Å². The lowest BCUT2D eigenvalue weighted by atomic mass is 10.1. The summed E-state index contributed by atoms with van der Waals surface area (Å²) in [6.45, 7) is 15.9. The second kappa shape index (κ2) is 8.99. The van der Waals surface area contributed by atoms with Gasteiger partial charge in [0.25, 0.3) is 5.91 Å². The van der Waals surface area contributed by atoms with Gasteiger partial charge in [0.1, 0.15) is 11.5 Å². The van der Waals surface area contributed by atoms with Gasteiger partial charge in [-0.25, -0.2) is 4.39 Å². The Morgan fingerprint density at radius 2 is 1.72 bits per heavy atom. The van der Waals surface area contributed by atoms with E-state index in [4.69, 9.17) is 0 Å². The molecule has 0 bridgehead atoms. The van der Waals surface area contributed by atoms with E-state index in [1.807, 2.05) is 20.8 Å². The fraction of sp³-hybridized carbons (Fsp3) is 0.522. The number of carbonyl (C=O) groups excluding carboxylic acids is 1. The molecule has 1 aliphatic rings. The summed E-state index contributed by atoms with van der Waals surface area (Å²) in [4.78, 5) is 17.9. The van der Waals surface area contributed by atoms with Crippen LogP contribution >= 0.6 is 0 Å². The molecule has 0 saturated carbocycles. The molecule has 1 fully saturated rings. The predicted molar refractivity (Wildman–Crippen MR) is 116 cm³/mol. The average molecular weight is 401 g/mol. The monoisotopic (exact) mass is 400 g/mol. The first-order valence-corrected chi connectivity index (χ1v) is 10.5. The minimum atomic E-state index is -0.249. The van der Waals surface area contributed by atoms with Crippen molar-refractivity contribution in [2.45, 2.75) is 47.2 Å². The molecule has 1 amide bonds. The summed E-state index contributed by atoms with van der Waals surface area (Å²) in [6.07, 6.45) is 0. The van der Waals surface area contributed by atoms with Crippen molar-refractivity contribution in [3.8, 4) is 0 Å². The number of aromatic nitrogens is 1. The standard InChI is InChI=1S/C23H33FN4O/c1-6-26-11-13-27(14-12-26)21-17(4)22(23(29)25-16(2)3)28(18(21)5)15-19-7-9-20(24)10-8-19/h7-10,16H,6,11-15H2,1-5H3,(H,25,29). The first kappa shape index (κ1) is 21.4. The molecule has 6 heteroatoms. The molecule has 0 aliphatic carbocycles. The Morgan fingerprint density at radius 1 is 1.10 bits per heavy atom. The molecule has 5 nitrogen and oxygen atoms in total. The number of rotatable bonds is 6. The lowest BCUT2D eigenvalue weighted by Gasteiger charge is -2.36. The number of amides is 1. The summed E-state index contributed by atoms with van der Waals surface area (Å²) in [5, 5.41) is 3.05. The summed E-state index contributed by atoms with van der Waals surface area (Å²) in [5.41, 5.74) is 4.95. The number of benzene rings is 1. The van der Waals surface area contributed by atoms with E-state index < -0.39 is 0 Å². The van der Waals surface area contributed by atoms with Gasteiger partial charge in [-0.3, -0.25) is 4.79 Å². The molecule has 1 aromatic carbocycles. The van der Waals surface area contributed by atoms with Crippen molar-refractivity contribution in [2.24, 2.45) is 0 Å². The molecule has 0 unspecified atom stereocenters. The molecule has 1 N–H and O–H groups in total. The van der Waals surface area contributed by atoms with Crippen molar-refractivity contribution in [2.75, 3.05) is 37.6 Å². The molecule has 29 heavy (non-hydrogen) atoms. The highest BCUT2D eigenvalue weighted by atomic mass is 19.1. The molecule has 1 saturated heterocycles. The van der Waals surface area contributed by atoms with Crippen LogP contribution in [0.1, 0.15) is 48.1 Å². The van der Waals surface area contributed by atoms with Gasteiger partial charge < -0.3 is 19.7 Å². The Kier molecular flexibility index (Phi) is 6.63. The van der Waals surface area contributed by atoms with Crippen LogP contribution in [0.4, 0.5) is 10.1 Å². The van der Waals surface area contributed by atoms with E-state index >= 15 is 0 Å². The van der Waals surface area contributed by atoms with E-state index in [1.165, 1.54) is 12.1 Å². The summed E-state index contributed by atoms with van der Waals surface area (Å²) >= 11 is 0. The van der Waals surface area contributed by atoms with Gasteiger partial charge >= 0.3 is 0 Å². The van der Waals surface area contributed by atoms with Crippen LogP contribution in [0.3, 0.4) is 0 Å². The van der Waals surface area contributed by atoms with Crippen LogP contribution in [-0.4, -0.2) is 54.1 Å². The molecule has 1 aromatic heterocycles. The predicted octanol–water partition coefficient (Wildman–Crippen LogP) is 3.57. The van der Waals surface area contributed by atoms with Gasteiger partial charge in [-0.15, -0.1) is 0 Å². The second-order valence-corrected chi connectivity index (χ2v) is 8.17.